The number of anilines is 1. The SMILES string of the molecule is Cc1ccc(NC(=O)[C@@H](C)OC(=O)CCN2C(=O)[C@H]3CC=CC[C@H]3C2=O)c(C)c1. The van der Waals surface area contributed by atoms with Crippen LogP contribution in [0, 0.1) is 25.7 Å². The van der Waals surface area contributed by atoms with Gasteiger partial charge in [0.1, 0.15) is 0 Å². The number of allylic oxidation sites excluding steroid dienone is 2. The lowest BCUT2D eigenvalue weighted by molar-refractivity contribution is -0.154. The first-order valence-electron chi connectivity index (χ1n) is 9.85. The number of esters is 1. The van der Waals surface area contributed by atoms with E-state index in [0.29, 0.717) is 18.5 Å². The molecule has 2 aliphatic rings. The Hall–Kier alpha value is -2.96. The molecule has 3 rings (SSSR count). The number of carbonyl (C=O) groups excluding carboxylic acids is 4. The van der Waals surface area contributed by atoms with E-state index in [1.165, 1.54) is 6.92 Å². The van der Waals surface area contributed by atoms with Crippen LogP contribution >= 0.6 is 0 Å². The highest BCUT2D eigenvalue weighted by Crippen LogP contribution is 2.35. The Morgan fingerprint density at radius 3 is 2.34 bits per heavy atom. The normalized spacial score (nSPS) is 21.7. The number of hydrogen-bond donors (Lipinski definition) is 1. The lowest BCUT2D eigenvalue weighted by Gasteiger charge is -2.17. The Labute approximate surface area is 170 Å². The Balaban J connectivity index is 1.49. The zero-order valence-corrected chi connectivity index (χ0v) is 16.9. The molecule has 0 spiro atoms. The third-order valence-electron chi connectivity index (χ3n) is 5.46. The molecule has 1 aromatic rings. The molecular formula is C22H26N2O5. The summed E-state index contributed by atoms with van der Waals surface area (Å²) in [5.41, 5.74) is 2.66. The maximum Gasteiger partial charge on any atom is 0.308 e. The standard InChI is InChI=1S/C22H26N2O5/c1-13-8-9-18(14(2)12-13)23-20(26)15(3)29-19(25)10-11-24-21(27)16-6-4-5-7-17(16)22(24)28/h4-5,8-9,12,15-17H,6-7,10-11H2,1-3H3,(H,23,26)/t15-,16-,17+/m1/s1. The molecule has 1 saturated heterocycles. The number of nitrogens with one attached hydrogen (secondary N) is 1. The van der Waals surface area contributed by atoms with Gasteiger partial charge in [-0.1, -0.05) is 29.8 Å². The molecule has 1 aromatic carbocycles. The van der Waals surface area contributed by atoms with Crippen LogP contribution in [0.5, 0.6) is 0 Å². The van der Waals surface area contributed by atoms with Gasteiger partial charge in [-0.05, 0) is 45.2 Å². The molecule has 0 aromatic heterocycles. The van der Waals surface area contributed by atoms with Crippen molar-refractivity contribution in [2.45, 2.75) is 46.1 Å². The summed E-state index contributed by atoms with van der Waals surface area (Å²) in [5, 5.41) is 2.75. The number of hydrogen-bond acceptors (Lipinski definition) is 5. The first kappa shape index (κ1) is 20.8. The second kappa shape index (κ2) is 8.59. The predicted octanol–water partition coefficient (Wildman–Crippen LogP) is 2.51. The fourth-order valence-electron chi connectivity index (χ4n) is 3.79. The third-order valence-corrected chi connectivity index (χ3v) is 5.46. The van der Waals surface area contributed by atoms with Gasteiger partial charge in [0.25, 0.3) is 5.91 Å². The highest BCUT2D eigenvalue weighted by molar-refractivity contribution is 6.05. The van der Waals surface area contributed by atoms with Crippen molar-refractivity contribution in [2.75, 3.05) is 11.9 Å². The molecule has 3 atom stereocenters. The van der Waals surface area contributed by atoms with E-state index in [1.54, 1.807) is 6.07 Å². The fourth-order valence-corrected chi connectivity index (χ4v) is 3.79. The Morgan fingerprint density at radius 2 is 1.76 bits per heavy atom. The summed E-state index contributed by atoms with van der Waals surface area (Å²) >= 11 is 0. The van der Waals surface area contributed by atoms with Crippen LogP contribution in [0.25, 0.3) is 0 Å². The molecule has 3 amide bonds. The van der Waals surface area contributed by atoms with Gasteiger partial charge in [-0.15, -0.1) is 0 Å². The van der Waals surface area contributed by atoms with Crippen molar-refractivity contribution in [2.24, 2.45) is 11.8 Å². The zero-order chi connectivity index (χ0) is 21.1. The van der Waals surface area contributed by atoms with Crippen LogP contribution in [0.3, 0.4) is 0 Å². The van der Waals surface area contributed by atoms with Crippen LogP contribution in [0.2, 0.25) is 0 Å². The van der Waals surface area contributed by atoms with Gasteiger partial charge >= 0.3 is 5.97 Å². The van der Waals surface area contributed by atoms with Crippen molar-refractivity contribution < 1.29 is 23.9 Å². The number of amides is 3. The lowest BCUT2D eigenvalue weighted by Crippen LogP contribution is -2.35. The number of imide groups is 1. The molecular weight excluding hydrogens is 372 g/mol. The lowest BCUT2D eigenvalue weighted by atomic mass is 9.85. The maximum absolute atomic E-state index is 12.4. The number of fused-ring (bicyclic) bond motifs is 1. The molecule has 0 saturated carbocycles. The molecule has 1 heterocycles. The van der Waals surface area contributed by atoms with E-state index in [2.05, 4.69) is 5.32 Å². The van der Waals surface area contributed by atoms with Crippen molar-refractivity contribution in [1.29, 1.82) is 0 Å². The smallest absolute Gasteiger partial charge is 0.308 e. The largest absolute Gasteiger partial charge is 0.452 e. The Bertz CT molecular complexity index is 850. The number of rotatable bonds is 6. The molecule has 0 unspecified atom stereocenters. The summed E-state index contributed by atoms with van der Waals surface area (Å²) in [6, 6.07) is 5.63. The van der Waals surface area contributed by atoms with E-state index in [-0.39, 0.29) is 36.6 Å². The van der Waals surface area contributed by atoms with Crippen molar-refractivity contribution in [3.8, 4) is 0 Å². The van der Waals surface area contributed by atoms with E-state index in [9.17, 15) is 19.2 Å². The summed E-state index contributed by atoms with van der Waals surface area (Å²) in [4.78, 5) is 50.4. The highest BCUT2D eigenvalue weighted by atomic mass is 16.5. The van der Waals surface area contributed by atoms with Crippen LogP contribution in [0.1, 0.15) is 37.3 Å². The van der Waals surface area contributed by atoms with Gasteiger partial charge in [-0.25, -0.2) is 0 Å². The number of carbonyl (C=O) groups is 4. The minimum atomic E-state index is -0.986. The number of ether oxygens (including phenoxy) is 1. The van der Waals surface area contributed by atoms with Crippen LogP contribution in [0.4, 0.5) is 5.69 Å². The monoisotopic (exact) mass is 398 g/mol. The first-order valence-corrected chi connectivity index (χ1v) is 9.85. The van der Waals surface area contributed by atoms with E-state index < -0.39 is 18.0 Å². The van der Waals surface area contributed by atoms with E-state index in [1.807, 2.05) is 38.1 Å². The van der Waals surface area contributed by atoms with Crippen LogP contribution in [-0.2, 0) is 23.9 Å². The molecule has 29 heavy (non-hydrogen) atoms. The molecule has 0 bridgehead atoms. The van der Waals surface area contributed by atoms with Crippen LogP contribution in [-0.4, -0.2) is 41.2 Å². The molecule has 7 heteroatoms. The number of nitrogens with zero attached hydrogens (tertiary/aromatic N) is 1. The van der Waals surface area contributed by atoms with Crippen molar-refractivity contribution in [1.82, 2.24) is 4.90 Å². The minimum Gasteiger partial charge on any atom is -0.452 e. The van der Waals surface area contributed by atoms with Gasteiger partial charge in [0.05, 0.1) is 18.3 Å². The van der Waals surface area contributed by atoms with E-state index >= 15 is 0 Å². The molecule has 1 N–H and O–H groups in total. The first-order chi connectivity index (χ1) is 13.8. The second-order valence-electron chi connectivity index (χ2n) is 7.67. The molecule has 7 nitrogen and oxygen atoms in total. The van der Waals surface area contributed by atoms with Gasteiger partial charge in [-0.3, -0.25) is 24.1 Å². The van der Waals surface area contributed by atoms with Crippen LogP contribution < -0.4 is 5.32 Å². The summed E-state index contributed by atoms with van der Waals surface area (Å²) in [5.74, 6) is -2.13. The second-order valence-corrected chi connectivity index (χ2v) is 7.67. The van der Waals surface area contributed by atoms with E-state index in [4.69, 9.17) is 4.74 Å². The molecule has 154 valence electrons. The average molecular weight is 398 g/mol. The quantitative estimate of drug-likeness (QED) is 0.452. The summed E-state index contributed by atoms with van der Waals surface area (Å²) < 4.78 is 5.18. The van der Waals surface area contributed by atoms with Crippen LogP contribution in [0.15, 0.2) is 30.4 Å². The van der Waals surface area contributed by atoms with Crippen molar-refractivity contribution in [3.63, 3.8) is 0 Å². The molecule has 0 radical (unpaired) electrons. The van der Waals surface area contributed by atoms with E-state index in [0.717, 1.165) is 16.0 Å². The molecule has 1 aliphatic heterocycles. The van der Waals surface area contributed by atoms with Crippen molar-refractivity contribution >= 4 is 29.4 Å². The molecule has 1 aliphatic carbocycles. The summed E-state index contributed by atoms with van der Waals surface area (Å²) in [7, 11) is 0. The van der Waals surface area contributed by atoms with Gasteiger partial charge < -0.3 is 10.1 Å². The minimum absolute atomic E-state index is 0.0189. The zero-order valence-electron chi connectivity index (χ0n) is 16.9. The summed E-state index contributed by atoms with van der Waals surface area (Å²) in [6.45, 7) is 5.32. The van der Waals surface area contributed by atoms with Gasteiger partial charge in [0, 0.05) is 12.2 Å². The average Bonchev–Trinajstić information content (AvgIpc) is 2.93. The fraction of sp³-hybridized carbons (Fsp3) is 0.455. The van der Waals surface area contributed by atoms with Gasteiger partial charge in [0.2, 0.25) is 11.8 Å². The maximum atomic E-state index is 12.4. The highest BCUT2D eigenvalue weighted by Gasteiger charge is 2.47. The van der Waals surface area contributed by atoms with Gasteiger partial charge in [-0.2, -0.15) is 0 Å². The Kier molecular flexibility index (Phi) is 6.15. The topological polar surface area (TPSA) is 92.8 Å². The molecule has 1 fully saturated rings. The number of benzene rings is 1. The number of likely N-dealkylation sites (tertiary alicyclic amines) is 1. The Morgan fingerprint density at radius 1 is 1.14 bits per heavy atom. The van der Waals surface area contributed by atoms with Gasteiger partial charge in [0.15, 0.2) is 6.10 Å². The third kappa shape index (κ3) is 4.55. The number of aryl methyl sites for hydroxylation is 2. The predicted molar refractivity (Wildman–Crippen MR) is 107 cm³/mol. The van der Waals surface area contributed by atoms with Crippen molar-refractivity contribution in [3.05, 3.63) is 41.5 Å². The summed E-state index contributed by atoms with van der Waals surface area (Å²) in [6.07, 6.45) is 3.84.